The third-order valence-electron chi connectivity index (χ3n) is 2.75. The van der Waals surface area contributed by atoms with Crippen LogP contribution in [0.5, 0.6) is 0 Å². The number of nitrogens with one attached hydrogen (secondary N) is 1. The van der Waals surface area contributed by atoms with E-state index in [0.717, 1.165) is 0 Å². The van der Waals surface area contributed by atoms with Crippen molar-refractivity contribution in [3.8, 4) is 0 Å². The van der Waals surface area contributed by atoms with E-state index in [1.807, 2.05) is 20.8 Å². The molecule has 0 aromatic heterocycles. The number of nitrogens with zero attached hydrogens (tertiary/aromatic N) is 1. The van der Waals surface area contributed by atoms with E-state index < -0.39 is 0 Å². The minimum absolute atomic E-state index is 0.0519. The molecule has 0 fully saturated rings. The number of halogens is 2. The van der Waals surface area contributed by atoms with Gasteiger partial charge >= 0.3 is 0 Å². The molecular weight excluding hydrogens is 271 g/mol. The van der Waals surface area contributed by atoms with E-state index in [4.69, 9.17) is 23.2 Å². The first-order valence-electron chi connectivity index (χ1n) is 6.00. The van der Waals surface area contributed by atoms with Crippen LogP contribution < -0.4 is 5.32 Å². The minimum Gasteiger partial charge on any atom is -0.373 e. The quantitative estimate of drug-likeness (QED) is 0.897. The van der Waals surface area contributed by atoms with Crippen LogP contribution in [0, 0.1) is 0 Å². The highest BCUT2D eigenvalue weighted by molar-refractivity contribution is 6.35. The van der Waals surface area contributed by atoms with Crippen LogP contribution in [0.1, 0.15) is 20.8 Å². The number of carbonyl (C=O) groups is 1. The standard InChI is InChI=1S/C13H18Cl2N2O/c1-4-17(5-2)13(18)9(3)16-12-8-10(14)6-7-11(12)15/h6-9,16H,4-5H2,1-3H3. The molecule has 0 saturated heterocycles. The van der Waals surface area contributed by atoms with Gasteiger partial charge in [0.1, 0.15) is 6.04 Å². The second-order valence-corrected chi connectivity index (χ2v) is 4.84. The molecule has 5 heteroatoms. The number of amides is 1. The Labute approximate surface area is 118 Å². The van der Waals surface area contributed by atoms with Crippen molar-refractivity contribution in [1.29, 1.82) is 0 Å². The maximum absolute atomic E-state index is 12.1. The van der Waals surface area contributed by atoms with Crippen LogP contribution in [0.15, 0.2) is 18.2 Å². The Morgan fingerprint density at radius 2 is 1.94 bits per heavy atom. The van der Waals surface area contributed by atoms with Crippen LogP contribution in [-0.4, -0.2) is 29.9 Å². The number of carbonyl (C=O) groups excluding carboxylic acids is 1. The molecule has 0 saturated carbocycles. The van der Waals surface area contributed by atoms with Gasteiger partial charge in [0.05, 0.1) is 10.7 Å². The minimum atomic E-state index is -0.333. The predicted molar refractivity (Wildman–Crippen MR) is 77.5 cm³/mol. The molecule has 0 aliphatic carbocycles. The molecule has 3 nitrogen and oxygen atoms in total. The molecule has 1 atom stereocenters. The highest BCUT2D eigenvalue weighted by atomic mass is 35.5. The van der Waals surface area contributed by atoms with E-state index in [1.165, 1.54) is 0 Å². The monoisotopic (exact) mass is 288 g/mol. The zero-order valence-electron chi connectivity index (χ0n) is 10.8. The van der Waals surface area contributed by atoms with Crippen molar-refractivity contribution in [1.82, 2.24) is 4.90 Å². The summed E-state index contributed by atoms with van der Waals surface area (Å²) in [4.78, 5) is 13.9. The number of benzene rings is 1. The van der Waals surface area contributed by atoms with Crippen molar-refractivity contribution in [2.75, 3.05) is 18.4 Å². The maximum Gasteiger partial charge on any atom is 0.244 e. The third kappa shape index (κ3) is 3.79. The first-order valence-corrected chi connectivity index (χ1v) is 6.75. The normalized spacial score (nSPS) is 12.1. The predicted octanol–water partition coefficient (Wildman–Crippen LogP) is 3.66. The lowest BCUT2D eigenvalue weighted by molar-refractivity contribution is -0.131. The molecule has 0 spiro atoms. The van der Waals surface area contributed by atoms with Gasteiger partial charge < -0.3 is 10.2 Å². The molecule has 1 amide bonds. The fourth-order valence-corrected chi connectivity index (χ4v) is 2.06. The molecule has 1 unspecified atom stereocenters. The Morgan fingerprint density at radius 3 is 2.50 bits per heavy atom. The van der Waals surface area contributed by atoms with Crippen LogP contribution in [-0.2, 0) is 4.79 Å². The average Bonchev–Trinajstić information content (AvgIpc) is 2.35. The van der Waals surface area contributed by atoms with Gasteiger partial charge in [0.15, 0.2) is 0 Å². The smallest absolute Gasteiger partial charge is 0.244 e. The van der Waals surface area contributed by atoms with Crippen molar-refractivity contribution in [2.45, 2.75) is 26.8 Å². The summed E-state index contributed by atoms with van der Waals surface area (Å²) in [7, 11) is 0. The van der Waals surface area contributed by atoms with Gasteiger partial charge in [0, 0.05) is 18.1 Å². The van der Waals surface area contributed by atoms with Crippen LogP contribution in [0.2, 0.25) is 10.0 Å². The van der Waals surface area contributed by atoms with Gasteiger partial charge in [-0.1, -0.05) is 23.2 Å². The van der Waals surface area contributed by atoms with Gasteiger partial charge in [-0.25, -0.2) is 0 Å². The van der Waals surface area contributed by atoms with Crippen molar-refractivity contribution in [3.63, 3.8) is 0 Å². The summed E-state index contributed by atoms with van der Waals surface area (Å²) in [6, 6.07) is 4.81. The molecule has 0 radical (unpaired) electrons. The van der Waals surface area contributed by atoms with Crippen LogP contribution in [0.4, 0.5) is 5.69 Å². The zero-order valence-corrected chi connectivity index (χ0v) is 12.3. The van der Waals surface area contributed by atoms with Crippen LogP contribution in [0.3, 0.4) is 0 Å². The summed E-state index contributed by atoms with van der Waals surface area (Å²) < 4.78 is 0. The lowest BCUT2D eigenvalue weighted by atomic mass is 10.2. The van der Waals surface area contributed by atoms with E-state index in [2.05, 4.69) is 5.32 Å². The van der Waals surface area contributed by atoms with Crippen molar-refractivity contribution >= 4 is 34.8 Å². The summed E-state index contributed by atoms with van der Waals surface area (Å²) in [6.45, 7) is 7.13. The molecule has 18 heavy (non-hydrogen) atoms. The summed E-state index contributed by atoms with van der Waals surface area (Å²) >= 11 is 11.9. The van der Waals surface area contributed by atoms with E-state index >= 15 is 0 Å². The van der Waals surface area contributed by atoms with E-state index in [-0.39, 0.29) is 11.9 Å². The van der Waals surface area contributed by atoms with E-state index in [1.54, 1.807) is 23.1 Å². The van der Waals surface area contributed by atoms with E-state index in [9.17, 15) is 4.79 Å². The number of hydrogen-bond donors (Lipinski definition) is 1. The highest BCUT2D eigenvalue weighted by Crippen LogP contribution is 2.26. The van der Waals surface area contributed by atoms with Crippen LogP contribution >= 0.6 is 23.2 Å². The van der Waals surface area contributed by atoms with Gasteiger partial charge in [0.25, 0.3) is 0 Å². The van der Waals surface area contributed by atoms with E-state index in [0.29, 0.717) is 28.8 Å². The fourth-order valence-electron chi connectivity index (χ4n) is 1.71. The number of rotatable bonds is 5. The molecule has 0 bridgehead atoms. The first-order chi connectivity index (χ1) is 8.49. The van der Waals surface area contributed by atoms with Crippen molar-refractivity contribution < 1.29 is 4.79 Å². The van der Waals surface area contributed by atoms with Gasteiger partial charge in [-0.15, -0.1) is 0 Å². The summed E-state index contributed by atoms with van der Waals surface area (Å²) in [5.74, 6) is 0.0519. The molecule has 0 aliphatic rings. The number of hydrogen-bond acceptors (Lipinski definition) is 2. The summed E-state index contributed by atoms with van der Waals surface area (Å²) in [6.07, 6.45) is 0. The molecule has 1 N–H and O–H groups in total. The molecule has 0 aliphatic heterocycles. The first kappa shape index (κ1) is 15.1. The number of anilines is 1. The average molecular weight is 289 g/mol. The largest absolute Gasteiger partial charge is 0.373 e. The van der Waals surface area contributed by atoms with Gasteiger partial charge in [-0.2, -0.15) is 0 Å². The zero-order chi connectivity index (χ0) is 13.7. The highest BCUT2D eigenvalue weighted by Gasteiger charge is 2.18. The molecular formula is C13H18Cl2N2O. The Hall–Kier alpha value is -0.930. The second kappa shape index (κ2) is 6.86. The summed E-state index contributed by atoms with van der Waals surface area (Å²) in [5.41, 5.74) is 0.678. The summed E-state index contributed by atoms with van der Waals surface area (Å²) in [5, 5.41) is 4.23. The van der Waals surface area contributed by atoms with Gasteiger partial charge in [0.2, 0.25) is 5.91 Å². The molecule has 1 rings (SSSR count). The van der Waals surface area contributed by atoms with Crippen LogP contribution in [0.25, 0.3) is 0 Å². The number of likely N-dealkylation sites (N-methyl/N-ethyl adjacent to an activating group) is 1. The lowest BCUT2D eigenvalue weighted by Crippen LogP contribution is -2.41. The molecule has 1 aromatic rings. The lowest BCUT2D eigenvalue weighted by Gasteiger charge is -2.24. The fraction of sp³-hybridized carbons (Fsp3) is 0.462. The van der Waals surface area contributed by atoms with Crippen molar-refractivity contribution in [3.05, 3.63) is 28.2 Å². The van der Waals surface area contributed by atoms with Gasteiger partial charge in [-0.3, -0.25) is 4.79 Å². The topological polar surface area (TPSA) is 32.3 Å². The third-order valence-corrected chi connectivity index (χ3v) is 3.31. The Bertz CT molecular complexity index is 419. The molecule has 0 heterocycles. The molecule has 100 valence electrons. The SMILES string of the molecule is CCN(CC)C(=O)C(C)Nc1cc(Cl)ccc1Cl. The van der Waals surface area contributed by atoms with Gasteiger partial charge in [-0.05, 0) is 39.0 Å². The second-order valence-electron chi connectivity index (χ2n) is 4.00. The molecule has 1 aromatic carbocycles. The Balaban J connectivity index is 2.77. The van der Waals surface area contributed by atoms with Crippen molar-refractivity contribution in [2.24, 2.45) is 0 Å². The Kier molecular flexibility index (Phi) is 5.76. The maximum atomic E-state index is 12.1. The Morgan fingerprint density at radius 1 is 1.33 bits per heavy atom.